The topological polar surface area (TPSA) is 189 Å². The van der Waals surface area contributed by atoms with E-state index < -0.39 is 50.9 Å². The number of halogens is 1. The first-order chi connectivity index (χ1) is 18.2. The molecular formula is C24H33ClN5O8P. The van der Waals surface area contributed by atoms with Crippen LogP contribution in [-0.2, 0) is 18.6 Å². The Bertz CT molecular complexity index is 1360. The van der Waals surface area contributed by atoms with Crippen molar-refractivity contribution in [3.05, 3.63) is 11.6 Å². The van der Waals surface area contributed by atoms with Gasteiger partial charge < -0.3 is 34.8 Å². The lowest BCUT2D eigenvalue weighted by molar-refractivity contribution is -0.134. The Hall–Kier alpha value is -1.86. The summed E-state index contributed by atoms with van der Waals surface area (Å²) < 4.78 is 24.0. The molecule has 3 heterocycles. The SMILES string of the molecule is C[C@]12CC3CC(Nc4nc(Cl)nc5c4ncn5[C@@H]4O[C@H](COP(=O)(O)CC(=O)O)[C@H](O)C4O)(C1)C[C@@](C)(C3)C2. The third-order valence-electron chi connectivity index (χ3n) is 8.79. The average molecular weight is 586 g/mol. The van der Waals surface area contributed by atoms with Gasteiger partial charge in [-0.2, -0.15) is 9.97 Å². The van der Waals surface area contributed by atoms with Gasteiger partial charge >= 0.3 is 13.6 Å². The van der Waals surface area contributed by atoms with Gasteiger partial charge in [-0.1, -0.05) is 13.8 Å². The van der Waals surface area contributed by atoms with Gasteiger partial charge in [-0.15, -0.1) is 0 Å². The molecule has 4 aliphatic carbocycles. The maximum Gasteiger partial charge on any atom is 0.339 e. The van der Waals surface area contributed by atoms with E-state index in [1.165, 1.54) is 30.2 Å². The molecule has 0 aromatic carbocycles. The van der Waals surface area contributed by atoms with Crippen molar-refractivity contribution in [3.63, 3.8) is 0 Å². The number of hydrogen-bond donors (Lipinski definition) is 5. The Morgan fingerprint density at radius 1 is 1.21 bits per heavy atom. The lowest BCUT2D eigenvalue weighted by atomic mass is 9.43. The van der Waals surface area contributed by atoms with Gasteiger partial charge in [0.05, 0.1) is 12.9 Å². The van der Waals surface area contributed by atoms with E-state index in [2.05, 4.69) is 34.1 Å². The molecule has 5 aliphatic rings. The van der Waals surface area contributed by atoms with Crippen LogP contribution in [-0.4, -0.2) is 82.3 Å². The predicted octanol–water partition coefficient (Wildman–Crippen LogP) is 2.55. The summed E-state index contributed by atoms with van der Waals surface area (Å²) in [6, 6.07) is 0. The van der Waals surface area contributed by atoms with Gasteiger partial charge in [-0.25, -0.2) is 4.98 Å². The molecular weight excluding hydrogens is 553 g/mol. The Labute approximate surface area is 229 Å². The molecule has 0 spiro atoms. The second-order valence-electron chi connectivity index (χ2n) is 12.7. The normalized spacial score (nSPS) is 40.7. The number of carboxylic acids is 1. The molecule has 5 N–H and O–H groups in total. The summed E-state index contributed by atoms with van der Waals surface area (Å²) >= 11 is 6.35. The standard InChI is InChI=1S/C24H33ClN5O8P/c1-22-3-12-4-23(2,8-22)10-24(5-12,9-22)29-18-15-19(28-21(25)27-18)30(11-26-15)20-17(34)16(33)13(38-20)6-37-39(35,36)7-14(31)32/h11-13,16-17,20,33-34H,3-10H2,1-2H3,(H,31,32)(H,35,36)(H,27,28,29)/t12?,13-,16+,17?,20-,22-,23+,24?/m1/s1. The highest BCUT2D eigenvalue weighted by molar-refractivity contribution is 7.53. The third kappa shape index (κ3) is 4.96. The largest absolute Gasteiger partial charge is 0.481 e. The molecule has 7 rings (SSSR count). The van der Waals surface area contributed by atoms with Crippen molar-refractivity contribution in [2.75, 3.05) is 18.1 Å². The highest BCUT2D eigenvalue weighted by Crippen LogP contribution is 2.67. The van der Waals surface area contributed by atoms with E-state index >= 15 is 0 Å². The minimum atomic E-state index is -4.46. The number of aliphatic carboxylic acids is 1. The fraction of sp³-hybridized carbons (Fsp3) is 0.750. The quantitative estimate of drug-likeness (QED) is 0.225. The monoisotopic (exact) mass is 585 g/mol. The maximum atomic E-state index is 11.9. The van der Waals surface area contributed by atoms with Crippen molar-refractivity contribution in [2.45, 2.75) is 82.5 Å². The van der Waals surface area contributed by atoms with E-state index in [9.17, 15) is 24.5 Å². The number of aromatic nitrogens is 4. The zero-order chi connectivity index (χ0) is 28.0. The van der Waals surface area contributed by atoms with Gasteiger partial charge in [0.2, 0.25) is 5.28 Å². The number of rotatable bonds is 8. The molecule has 9 atom stereocenters. The first-order valence-corrected chi connectivity index (χ1v) is 15.2. The van der Waals surface area contributed by atoms with Gasteiger partial charge in [0.1, 0.15) is 24.5 Å². The molecule has 1 saturated heterocycles. The molecule has 0 amide bonds. The van der Waals surface area contributed by atoms with Crippen molar-refractivity contribution in [1.29, 1.82) is 0 Å². The fourth-order valence-electron chi connectivity index (χ4n) is 8.50. The lowest BCUT2D eigenvalue weighted by Gasteiger charge is -2.65. The molecule has 4 bridgehead atoms. The molecule has 39 heavy (non-hydrogen) atoms. The van der Waals surface area contributed by atoms with E-state index in [0.717, 1.165) is 19.3 Å². The molecule has 1 aliphatic heterocycles. The molecule has 5 fully saturated rings. The number of nitrogens with one attached hydrogen (secondary N) is 1. The molecule has 13 nitrogen and oxygen atoms in total. The van der Waals surface area contributed by atoms with Crippen LogP contribution in [0.5, 0.6) is 0 Å². The number of ether oxygens (including phenoxy) is 1. The van der Waals surface area contributed by atoms with Crippen molar-refractivity contribution in [3.8, 4) is 0 Å². The van der Waals surface area contributed by atoms with E-state index in [4.69, 9.17) is 26.0 Å². The van der Waals surface area contributed by atoms with Crippen LogP contribution in [0.1, 0.15) is 58.6 Å². The highest BCUT2D eigenvalue weighted by Gasteiger charge is 2.60. The summed E-state index contributed by atoms with van der Waals surface area (Å²) in [6.45, 7) is 4.16. The molecule has 15 heteroatoms. The summed E-state index contributed by atoms with van der Waals surface area (Å²) in [7, 11) is -4.46. The van der Waals surface area contributed by atoms with Crippen LogP contribution in [0.25, 0.3) is 11.2 Å². The Kier molecular flexibility index (Phi) is 6.35. The van der Waals surface area contributed by atoms with Crippen molar-refractivity contribution in [2.24, 2.45) is 16.7 Å². The lowest BCUT2D eigenvalue weighted by Crippen LogP contribution is -2.61. The second-order valence-corrected chi connectivity index (χ2v) is 14.9. The van der Waals surface area contributed by atoms with Crippen LogP contribution in [0, 0.1) is 16.7 Å². The van der Waals surface area contributed by atoms with E-state index in [1.807, 2.05) is 0 Å². The molecule has 0 radical (unpaired) electrons. The number of nitrogens with zero attached hydrogens (tertiary/aromatic N) is 4. The summed E-state index contributed by atoms with van der Waals surface area (Å²) in [5.74, 6) is -0.350. The number of imidazole rings is 1. The van der Waals surface area contributed by atoms with Gasteiger partial charge in [-0.3, -0.25) is 13.9 Å². The van der Waals surface area contributed by atoms with Gasteiger partial charge in [-0.05, 0) is 66.9 Å². The third-order valence-corrected chi connectivity index (χ3v) is 10.2. The summed E-state index contributed by atoms with van der Waals surface area (Å²) in [4.78, 5) is 33.8. The van der Waals surface area contributed by atoms with Gasteiger partial charge in [0.15, 0.2) is 23.2 Å². The zero-order valence-corrected chi connectivity index (χ0v) is 23.3. The number of aliphatic hydroxyl groups is 2. The molecule has 214 valence electrons. The van der Waals surface area contributed by atoms with Crippen LogP contribution in [0.4, 0.5) is 5.82 Å². The second kappa shape index (κ2) is 9.07. The number of anilines is 1. The van der Waals surface area contributed by atoms with Crippen LogP contribution in [0.15, 0.2) is 6.33 Å². The Morgan fingerprint density at radius 3 is 2.54 bits per heavy atom. The smallest absolute Gasteiger partial charge is 0.339 e. The van der Waals surface area contributed by atoms with Gasteiger partial charge in [0.25, 0.3) is 0 Å². The highest BCUT2D eigenvalue weighted by atomic mass is 35.5. The Balaban J connectivity index is 1.26. The van der Waals surface area contributed by atoms with Crippen molar-refractivity contribution in [1.82, 2.24) is 19.5 Å². The number of aliphatic hydroxyl groups excluding tert-OH is 2. The fourth-order valence-corrected chi connectivity index (χ4v) is 9.48. The minimum Gasteiger partial charge on any atom is -0.481 e. The number of fused-ring (bicyclic) bond motifs is 1. The van der Waals surface area contributed by atoms with Crippen LogP contribution >= 0.6 is 19.2 Å². The van der Waals surface area contributed by atoms with E-state index in [-0.39, 0.29) is 27.3 Å². The van der Waals surface area contributed by atoms with Crippen LogP contribution in [0.2, 0.25) is 5.28 Å². The number of hydrogen-bond acceptors (Lipinski definition) is 10. The maximum absolute atomic E-state index is 11.9. The first kappa shape index (κ1) is 27.3. The van der Waals surface area contributed by atoms with Crippen molar-refractivity contribution < 1.29 is 38.8 Å². The van der Waals surface area contributed by atoms with Crippen LogP contribution in [0.3, 0.4) is 0 Å². The predicted molar refractivity (Wildman–Crippen MR) is 138 cm³/mol. The number of carbonyl (C=O) groups is 1. The number of carboxylic acid groups (broad SMARTS) is 1. The van der Waals surface area contributed by atoms with Crippen LogP contribution < -0.4 is 5.32 Å². The zero-order valence-electron chi connectivity index (χ0n) is 21.7. The van der Waals surface area contributed by atoms with Gasteiger partial charge in [0, 0.05) is 5.54 Å². The molecule has 2 aromatic heterocycles. The van der Waals surface area contributed by atoms with E-state index in [1.54, 1.807) is 0 Å². The minimum absolute atomic E-state index is 0.0169. The summed E-state index contributed by atoms with van der Waals surface area (Å²) in [6.07, 6.45) is 1.83. The molecule has 4 saturated carbocycles. The average Bonchev–Trinajstić information content (AvgIpc) is 3.30. The van der Waals surface area contributed by atoms with E-state index in [0.29, 0.717) is 17.3 Å². The van der Waals surface area contributed by atoms with Crippen molar-refractivity contribution >= 4 is 42.1 Å². The summed E-state index contributed by atoms with van der Waals surface area (Å²) in [5.41, 5.74) is 1.14. The molecule has 4 unspecified atom stereocenters. The first-order valence-electron chi connectivity index (χ1n) is 13.1. The molecule has 2 aromatic rings. The Morgan fingerprint density at radius 2 is 1.90 bits per heavy atom. The summed E-state index contributed by atoms with van der Waals surface area (Å²) in [5, 5.41) is 33.7.